The molecule has 0 saturated carbocycles. The quantitative estimate of drug-likeness (QED) is 0.728. The predicted octanol–water partition coefficient (Wildman–Crippen LogP) is 3.04. The molecule has 4 nitrogen and oxygen atoms in total. The van der Waals surface area contributed by atoms with Gasteiger partial charge in [-0.1, -0.05) is 11.6 Å². The second-order valence-corrected chi connectivity index (χ2v) is 9.13. The maximum absolute atomic E-state index is 11.6. The van der Waals surface area contributed by atoms with Gasteiger partial charge in [0.15, 0.2) is 0 Å². The van der Waals surface area contributed by atoms with E-state index in [0.29, 0.717) is 24.5 Å². The number of piperidine rings is 1. The van der Waals surface area contributed by atoms with Gasteiger partial charge in [-0.2, -0.15) is 0 Å². The molecular formula is C14H19ClINO3S. The molecule has 7 heteroatoms. The Hall–Kier alpha value is 0.110. The van der Waals surface area contributed by atoms with Crippen molar-refractivity contribution < 1.29 is 13.5 Å². The van der Waals surface area contributed by atoms with Crippen molar-refractivity contribution in [1.82, 2.24) is 4.31 Å². The standard InChI is InChI=1S/C14H19ClINO3S/c1-21(19,20)17-6-2-3-10(9-17)7-14(18)12-8-11(15)4-5-13(12)16/h4-5,8,10,14,18H,2-3,6-7,9H2,1H3. The number of rotatable bonds is 4. The van der Waals surface area contributed by atoms with E-state index in [9.17, 15) is 13.5 Å². The van der Waals surface area contributed by atoms with Crippen LogP contribution in [0.25, 0.3) is 0 Å². The highest BCUT2D eigenvalue weighted by molar-refractivity contribution is 14.1. The van der Waals surface area contributed by atoms with Crippen molar-refractivity contribution >= 4 is 44.2 Å². The van der Waals surface area contributed by atoms with Gasteiger partial charge in [-0.25, -0.2) is 12.7 Å². The van der Waals surface area contributed by atoms with Crippen LogP contribution in [0.5, 0.6) is 0 Å². The Bertz CT molecular complexity index is 608. The Labute approximate surface area is 144 Å². The molecule has 2 rings (SSSR count). The second kappa shape index (κ2) is 7.12. The largest absolute Gasteiger partial charge is 0.388 e. The molecule has 1 aliphatic heterocycles. The third kappa shape index (κ3) is 4.79. The molecule has 21 heavy (non-hydrogen) atoms. The molecule has 0 bridgehead atoms. The Morgan fingerprint density at radius 2 is 2.24 bits per heavy atom. The van der Waals surface area contributed by atoms with Gasteiger partial charge < -0.3 is 5.11 Å². The molecule has 0 aromatic heterocycles. The van der Waals surface area contributed by atoms with Crippen LogP contribution >= 0.6 is 34.2 Å². The summed E-state index contributed by atoms with van der Waals surface area (Å²) in [4.78, 5) is 0. The van der Waals surface area contributed by atoms with E-state index in [2.05, 4.69) is 22.6 Å². The van der Waals surface area contributed by atoms with Crippen molar-refractivity contribution in [2.75, 3.05) is 19.3 Å². The van der Waals surface area contributed by atoms with Crippen LogP contribution in [0.1, 0.15) is 30.9 Å². The minimum Gasteiger partial charge on any atom is -0.388 e. The number of halogens is 2. The number of nitrogens with zero attached hydrogens (tertiary/aromatic N) is 1. The number of sulfonamides is 1. The monoisotopic (exact) mass is 443 g/mol. The average Bonchev–Trinajstić information content (AvgIpc) is 2.41. The molecule has 2 unspecified atom stereocenters. The Kier molecular flexibility index (Phi) is 5.92. The molecule has 1 fully saturated rings. The number of benzene rings is 1. The molecule has 0 radical (unpaired) electrons. The zero-order valence-corrected chi connectivity index (χ0v) is 15.5. The van der Waals surface area contributed by atoms with Gasteiger partial charge in [-0.05, 0) is 71.5 Å². The van der Waals surface area contributed by atoms with Gasteiger partial charge >= 0.3 is 0 Å². The van der Waals surface area contributed by atoms with Crippen LogP contribution in [0, 0.1) is 9.49 Å². The van der Waals surface area contributed by atoms with Crippen LogP contribution in [0.4, 0.5) is 0 Å². The van der Waals surface area contributed by atoms with Gasteiger partial charge in [0.25, 0.3) is 0 Å². The van der Waals surface area contributed by atoms with Crippen molar-refractivity contribution in [2.24, 2.45) is 5.92 Å². The first kappa shape index (κ1) is 17.5. The van der Waals surface area contributed by atoms with Gasteiger partial charge in [0.2, 0.25) is 10.0 Å². The van der Waals surface area contributed by atoms with Crippen LogP contribution in [-0.2, 0) is 10.0 Å². The fourth-order valence-electron chi connectivity index (χ4n) is 2.73. The number of aliphatic hydroxyl groups excluding tert-OH is 1. The van der Waals surface area contributed by atoms with Crippen molar-refractivity contribution in [2.45, 2.75) is 25.4 Å². The van der Waals surface area contributed by atoms with Gasteiger partial charge in [0, 0.05) is 21.7 Å². The predicted molar refractivity (Wildman–Crippen MR) is 92.9 cm³/mol. The molecule has 1 saturated heterocycles. The highest BCUT2D eigenvalue weighted by Gasteiger charge is 2.28. The smallest absolute Gasteiger partial charge is 0.211 e. The molecule has 0 aliphatic carbocycles. The summed E-state index contributed by atoms with van der Waals surface area (Å²) < 4.78 is 25.7. The Balaban J connectivity index is 2.05. The van der Waals surface area contributed by atoms with Crippen molar-refractivity contribution in [3.63, 3.8) is 0 Å². The average molecular weight is 444 g/mol. The van der Waals surface area contributed by atoms with E-state index in [1.54, 1.807) is 12.1 Å². The molecule has 1 heterocycles. The van der Waals surface area contributed by atoms with Gasteiger partial charge in [-0.3, -0.25) is 0 Å². The zero-order valence-electron chi connectivity index (χ0n) is 11.8. The summed E-state index contributed by atoms with van der Waals surface area (Å²) in [6, 6.07) is 5.46. The van der Waals surface area contributed by atoms with E-state index in [-0.39, 0.29) is 5.92 Å². The summed E-state index contributed by atoms with van der Waals surface area (Å²) in [6.07, 6.45) is 2.98. The summed E-state index contributed by atoms with van der Waals surface area (Å²) in [7, 11) is -3.14. The summed E-state index contributed by atoms with van der Waals surface area (Å²) in [6.45, 7) is 1.08. The van der Waals surface area contributed by atoms with Crippen LogP contribution in [0.2, 0.25) is 5.02 Å². The summed E-state index contributed by atoms with van der Waals surface area (Å²) >= 11 is 8.16. The lowest BCUT2D eigenvalue weighted by Gasteiger charge is -2.32. The first-order valence-electron chi connectivity index (χ1n) is 6.85. The second-order valence-electron chi connectivity index (χ2n) is 5.55. The van der Waals surface area contributed by atoms with E-state index in [1.165, 1.54) is 10.6 Å². The molecule has 1 aromatic carbocycles. The molecular weight excluding hydrogens is 425 g/mol. The topological polar surface area (TPSA) is 57.6 Å². The number of hydrogen-bond acceptors (Lipinski definition) is 3. The van der Waals surface area contributed by atoms with Crippen LogP contribution in [-0.4, -0.2) is 37.2 Å². The normalized spacial score (nSPS) is 22.2. The maximum Gasteiger partial charge on any atom is 0.211 e. The highest BCUT2D eigenvalue weighted by Crippen LogP contribution is 2.31. The molecule has 0 spiro atoms. The fourth-order valence-corrected chi connectivity index (χ4v) is 4.55. The summed E-state index contributed by atoms with van der Waals surface area (Å²) in [5.74, 6) is 0.179. The van der Waals surface area contributed by atoms with Gasteiger partial charge in [0.1, 0.15) is 0 Å². The van der Waals surface area contributed by atoms with Crippen molar-refractivity contribution in [3.05, 3.63) is 32.4 Å². The van der Waals surface area contributed by atoms with Crippen LogP contribution in [0.3, 0.4) is 0 Å². The van der Waals surface area contributed by atoms with E-state index >= 15 is 0 Å². The first-order chi connectivity index (χ1) is 9.77. The third-order valence-electron chi connectivity index (χ3n) is 3.82. The van der Waals surface area contributed by atoms with E-state index < -0.39 is 16.1 Å². The fraction of sp³-hybridized carbons (Fsp3) is 0.571. The van der Waals surface area contributed by atoms with Gasteiger partial charge in [0.05, 0.1) is 12.4 Å². The molecule has 0 amide bonds. The molecule has 2 atom stereocenters. The third-order valence-corrected chi connectivity index (χ3v) is 6.31. The van der Waals surface area contributed by atoms with Gasteiger partial charge in [-0.15, -0.1) is 0 Å². The maximum atomic E-state index is 11.6. The van der Waals surface area contributed by atoms with E-state index in [1.807, 2.05) is 6.07 Å². The van der Waals surface area contributed by atoms with Crippen molar-refractivity contribution in [1.29, 1.82) is 0 Å². The lowest BCUT2D eigenvalue weighted by molar-refractivity contribution is 0.122. The first-order valence-corrected chi connectivity index (χ1v) is 10.2. The van der Waals surface area contributed by atoms with Crippen LogP contribution < -0.4 is 0 Å². The SMILES string of the molecule is CS(=O)(=O)N1CCCC(CC(O)c2cc(Cl)ccc2I)C1. The highest BCUT2D eigenvalue weighted by atomic mass is 127. The summed E-state index contributed by atoms with van der Waals surface area (Å²) in [5.41, 5.74) is 0.819. The molecule has 1 aliphatic rings. The molecule has 1 aromatic rings. The minimum atomic E-state index is -3.14. The van der Waals surface area contributed by atoms with E-state index in [0.717, 1.165) is 22.0 Å². The van der Waals surface area contributed by atoms with E-state index in [4.69, 9.17) is 11.6 Å². The minimum absolute atomic E-state index is 0.179. The number of hydrogen-bond donors (Lipinski definition) is 1. The molecule has 118 valence electrons. The van der Waals surface area contributed by atoms with Crippen LogP contribution in [0.15, 0.2) is 18.2 Å². The Morgan fingerprint density at radius 3 is 2.90 bits per heavy atom. The Morgan fingerprint density at radius 1 is 1.52 bits per heavy atom. The lowest BCUT2D eigenvalue weighted by Crippen LogP contribution is -2.39. The lowest BCUT2D eigenvalue weighted by atomic mass is 9.91. The summed E-state index contributed by atoms with van der Waals surface area (Å²) in [5, 5.41) is 11.0. The zero-order chi connectivity index (χ0) is 15.6. The number of aliphatic hydroxyl groups is 1. The van der Waals surface area contributed by atoms with Crippen molar-refractivity contribution in [3.8, 4) is 0 Å². The molecule has 1 N–H and O–H groups in total.